The fraction of sp³-hybridized carbons (Fsp3) is 0.500. The highest BCUT2D eigenvalue weighted by molar-refractivity contribution is 5.55. The zero-order valence-electron chi connectivity index (χ0n) is 9.96. The molecule has 90 valence electrons. The molecule has 0 aliphatic heterocycles. The Hall–Kier alpha value is -1.29. The van der Waals surface area contributed by atoms with Crippen LogP contribution in [0, 0.1) is 11.7 Å². The third-order valence-electron chi connectivity index (χ3n) is 2.42. The fourth-order valence-corrected chi connectivity index (χ4v) is 1.49. The molecular weight excluding hydrogens is 207 g/mol. The maximum absolute atomic E-state index is 13.1. The van der Waals surface area contributed by atoms with E-state index in [1.807, 2.05) is 0 Å². The van der Waals surface area contributed by atoms with Crippen molar-refractivity contribution in [3.63, 3.8) is 0 Å². The van der Waals surface area contributed by atoms with E-state index in [1.54, 1.807) is 13.2 Å². The third kappa shape index (κ3) is 3.70. The summed E-state index contributed by atoms with van der Waals surface area (Å²) in [5.41, 5.74) is 6.68. The molecule has 0 radical (unpaired) electrons. The quantitative estimate of drug-likeness (QED) is 0.758. The van der Waals surface area contributed by atoms with Gasteiger partial charge in [-0.1, -0.05) is 13.8 Å². The lowest BCUT2D eigenvalue weighted by Gasteiger charge is -2.22. The number of methoxy groups -OCH3 is 1. The van der Waals surface area contributed by atoms with Crippen molar-refractivity contribution in [2.24, 2.45) is 5.92 Å². The Morgan fingerprint density at radius 1 is 1.38 bits per heavy atom. The molecule has 0 bridgehead atoms. The molecule has 1 aromatic rings. The number of hydrogen-bond donors (Lipinski definition) is 2. The molecule has 0 amide bonds. The number of ether oxygens (including phenoxy) is 1. The van der Waals surface area contributed by atoms with E-state index in [1.165, 1.54) is 12.1 Å². The molecule has 3 N–H and O–H groups in total. The van der Waals surface area contributed by atoms with E-state index >= 15 is 0 Å². The summed E-state index contributed by atoms with van der Waals surface area (Å²) < 4.78 is 18.2. The molecular formula is C12H19FN2O. The number of nitrogen functional groups attached to an aromatic ring is 1. The predicted octanol–water partition coefficient (Wildman–Crippen LogP) is 2.49. The highest BCUT2D eigenvalue weighted by Gasteiger charge is 2.13. The van der Waals surface area contributed by atoms with Crippen LogP contribution in [0.5, 0.6) is 0 Å². The number of anilines is 2. The highest BCUT2D eigenvalue weighted by Crippen LogP contribution is 2.18. The second-order valence-corrected chi connectivity index (χ2v) is 4.22. The van der Waals surface area contributed by atoms with Gasteiger partial charge in [0.25, 0.3) is 0 Å². The normalized spacial score (nSPS) is 12.8. The van der Waals surface area contributed by atoms with Crippen molar-refractivity contribution in [1.29, 1.82) is 0 Å². The first-order chi connectivity index (χ1) is 7.52. The Morgan fingerprint density at radius 3 is 2.56 bits per heavy atom. The lowest BCUT2D eigenvalue weighted by Crippen LogP contribution is -2.30. The van der Waals surface area contributed by atoms with Gasteiger partial charge in [0.2, 0.25) is 0 Å². The summed E-state index contributed by atoms with van der Waals surface area (Å²) in [7, 11) is 1.65. The van der Waals surface area contributed by atoms with Crippen molar-refractivity contribution < 1.29 is 9.13 Å². The molecule has 1 aromatic carbocycles. The third-order valence-corrected chi connectivity index (χ3v) is 2.42. The minimum atomic E-state index is -0.331. The molecule has 1 rings (SSSR count). The lowest BCUT2D eigenvalue weighted by molar-refractivity contribution is 0.171. The summed E-state index contributed by atoms with van der Waals surface area (Å²) in [6, 6.07) is 4.59. The number of rotatable bonds is 5. The maximum Gasteiger partial charge on any atom is 0.127 e. The van der Waals surface area contributed by atoms with Gasteiger partial charge >= 0.3 is 0 Å². The molecule has 0 aromatic heterocycles. The van der Waals surface area contributed by atoms with E-state index in [2.05, 4.69) is 19.2 Å². The van der Waals surface area contributed by atoms with E-state index in [0.29, 0.717) is 23.9 Å². The van der Waals surface area contributed by atoms with Crippen LogP contribution in [0.1, 0.15) is 13.8 Å². The van der Waals surface area contributed by atoms with E-state index in [-0.39, 0.29) is 11.9 Å². The van der Waals surface area contributed by atoms with Crippen LogP contribution >= 0.6 is 0 Å². The van der Waals surface area contributed by atoms with Gasteiger partial charge in [0.15, 0.2) is 0 Å². The van der Waals surface area contributed by atoms with E-state index in [4.69, 9.17) is 10.5 Å². The molecule has 0 spiro atoms. The molecule has 0 aliphatic carbocycles. The zero-order chi connectivity index (χ0) is 12.1. The second kappa shape index (κ2) is 5.70. The number of benzene rings is 1. The van der Waals surface area contributed by atoms with E-state index in [0.717, 1.165) is 0 Å². The van der Waals surface area contributed by atoms with Gasteiger partial charge in [0, 0.05) is 18.5 Å². The van der Waals surface area contributed by atoms with Crippen LogP contribution in [0.3, 0.4) is 0 Å². The molecule has 0 saturated heterocycles. The SMILES string of the molecule is COCC(Nc1cc(N)cc(F)c1)C(C)C. The summed E-state index contributed by atoms with van der Waals surface area (Å²) in [6.07, 6.45) is 0. The van der Waals surface area contributed by atoms with Crippen molar-refractivity contribution in [2.45, 2.75) is 19.9 Å². The van der Waals surface area contributed by atoms with Crippen LogP contribution in [-0.4, -0.2) is 19.8 Å². The monoisotopic (exact) mass is 226 g/mol. The van der Waals surface area contributed by atoms with Gasteiger partial charge in [-0.15, -0.1) is 0 Å². The molecule has 1 unspecified atom stereocenters. The fourth-order valence-electron chi connectivity index (χ4n) is 1.49. The zero-order valence-corrected chi connectivity index (χ0v) is 9.96. The standard InChI is InChI=1S/C12H19FN2O/c1-8(2)12(7-16-3)15-11-5-9(13)4-10(14)6-11/h4-6,8,12,15H,7,14H2,1-3H3. The molecule has 16 heavy (non-hydrogen) atoms. The minimum absolute atomic E-state index is 0.145. The van der Waals surface area contributed by atoms with E-state index in [9.17, 15) is 4.39 Å². The van der Waals surface area contributed by atoms with Crippen molar-refractivity contribution in [3.8, 4) is 0 Å². The lowest BCUT2D eigenvalue weighted by atomic mass is 10.0. The number of nitrogens with two attached hydrogens (primary N) is 1. The molecule has 0 aliphatic rings. The Bertz CT molecular complexity index is 322. The molecule has 0 heterocycles. The minimum Gasteiger partial charge on any atom is -0.399 e. The number of hydrogen-bond acceptors (Lipinski definition) is 3. The average Bonchev–Trinajstić information content (AvgIpc) is 2.15. The molecule has 4 heteroatoms. The van der Waals surface area contributed by atoms with Gasteiger partial charge in [-0.2, -0.15) is 0 Å². The van der Waals surface area contributed by atoms with Crippen LogP contribution in [-0.2, 0) is 4.74 Å². The van der Waals surface area contributed by atoms with Crippen molar-refractivity contribution in [1.82, 2.24) is 0 Å². The van der Waals surface area contributed by atoms with Gasteiger partial charge in [-0.05, 0) is 24.1 Å². The topological polar surface area (TPSA) is 47.3 Å². The van der Waals surface area contributed by atoms with Gasteiger partial charge in [0.05, 0.1) is 12.6 Å². The summed E-state index contributed by atoms with van der Waals surface area (Å²) in [5.74, 6) is 0.0619. The first kappa shape index (κ1) is 12.8. The van der Waals surface area contributed by atoms with Crippen LogP contribution in [0.4, 0.5) is 15.8 Å². The summed E-state index contributed by atoms with van der Waals surface area (Å²) >= 11 is 0. The van der Waals surface area contributed by atoms with Crippen molar-refractivity contribution >= 4 is 11.4 Å². The van der Waals surface area contributed by atoms with Crippen LogP contribution in [0.2, 0.25) is 0 Å². The predicted molar refractivity (Wildman–Crippen MR) is 64.9 cm³/mol. The van der Waals surface area contributed by atoms with Gasteiger partial charge < -0.3 is 15.8 Å². The largest absolute Gasteiger partial charge is 0.399 e. The van der Waals surface area contributed by atoms with Crippen LogP contribution < -0.4 is 11.1 Å². The van der Waals surface area contributed by atoms with Crippen LogP contribution in [0.25, 0.3) is 0 Å². The Kier molecular flexibility index (Phi) is 4.55. The van der Waals surface area contributed by atoms with Crippen molar-refractivity contribution in [2.75, 3.05) is 24.8 Å². The van der Waals surface area contributed by atoms with Crippen LogP contribution in [0.15, 0.2) is 18.2 Å². The van der Waals surface area contributed by atoms with E-state index < -0.39 is 0 Å². The summed E-state index contributed by atoms with van der Waals surface area (Å²) in [5, 5.41) is 3.22. The van der Waals surface area contributed by atoms with Gasteiger partial charge in [-0.3, -0.25) is 0 Å². The Balaban J connectivity index is 2.76. The highest BCUT2D eigenvalue weighted by atomic mass is 19.1. The molecule has 0 fully saturated rings. The molecule has 1 atom stereocenters. The average molecular weight is 226 g/mol. The molecule has 3 nitrogen and oxygen atoms in total. The maximum atomic E-state index is 13.1. The van der Waals surface area contributed by atoms with Gasteiger partial charge in [0.1, 0.15) is 5.82 Å². The smallest absolute Gasteiger partial charge is 0.127 e. The number of nitrogens with one attached hydrogen (secondary N) is 1. The Labute approximate surface area is 95.8 Å². The van der Waals surface area contributed by atoms with Gasteiger partial charge in [-0.25, -0.2) is 4.39 Å². The second-order valence-electron chi connectivity index (χ2n) is 4.22. The summed E-state index contributed by atoms with van der Waals surface area (Å²) in [4.78, 5) is 0. The number of halogens is 1. The summed E-state index contributed by atoms with van der Waals surface area (Å²) in [6.45, 7) is 4.74. The molecule has 0 saturated carbocycles. The Morgan fingerprint density at radius 2 is 2.06 bits per heavy atom. The van der Waals surface area contributed by atoms with Crippen molar-refractivity contribution in [3.05, 3.63) is 24.0 Å². The first-order valence-corrected chi connectivity index (χ1v) is 5.34. The first-order valence-electron chi connectivity index (χ1n) is 5.34.